The molecule has 7 heteroatoms. The van der Waals surface area contributed by atoms with Crippen molar-refractivity contribution in [1.82, 2.24) is 9.46 Å². The summed E-state index contributed by atoms with van der Waals surface area (Å²) in [7, 11) is -2.07. The fourth-order valence-corrected chi connectivity index (χ4v) is 3.76. The van der Waals surface area contributed by atoms with E-state index in [1.807, 2.05) is 6.92 Å². The number of nitrogen functional groups attached to an aromatic ring is 1. The van der Waals surface area contributed by atoms with Gasteiger partial charge in [0.25, 0.3) is 0 Å². The van der Waals surface area contributed by atoms with E-state index in [2.05, 4.69) is 12.1 Å². The molecular formula is C11H19N3O3S. The Kier molecular flexibility index (Phi) is 2.94. The van der Waals surface area contributed by atoms with Crippen molar-refractivity contribution >= 4 is 15.8 Å². The summed E-state index contributed by atoms with van der Waals surface area (Å²) in [6.07, 6.45) is 2.10. The van der Waals surface area contributed by atoms with Crippen molar-refractivity contribution in [2.75, 3.05) is 12.8 Å². The quantitative estimate of drug-likeness (QED) is 0.895. The molecule has 0 spiro atoms. The van der Waals surface area contributed by atoms with Gasteiger partial charge in [0.15, 0.2) is 16.5 Å². The van der Waals surface area contributed by atoms with Gasteiger partial charge in [0.05, 0.1) is 0 Å². The maximum absolute atomic E-state index is 12.5. The predicted molar refractivity (Wildman–Crippen MR) is 67.4 cm³/mol. The molecule has 102 valence electrons. The Morgan fingerprint density at radius 3 is 2.44 bits per heavy atom. The van der Waals surface area contributed by atoms with Crippen LogP contribution in [0, 0.1) is 12.3 Å². The van der Waals surface area contributed by atoms with E-state index in [4.69, 9.17) is 10.3 Å². The largest absolute Gasteiger partial charge is 0.380 e. The smallest absolute Gasteiger partial charge is 0.250 e. The van der Waals surface area contributed by atoms with Gasteiger partial charge in [-0.25, -0.2) is 8.42 Å². The number of rotatable bonds is 4. The number of nitrogens with two attached hydrogens (primary N) is 1. The van der Waals surface area contributed by atoms with E-state index in [0.29, 0.717) is 0 Å². The standard InChI is InChI=1S/C11H19N3O3S/c1-7-9(10(12)13-17-7)18(15,16)14(4)8(2)11(3)5-6-11/h8H,5-6H2,1-4H3,(H2,12,13). The molecule has 1 heterocycles. The van der Waals surface area contributed by atoms with Crippen LogP contribution >= 0.6 is 0 Å². The van der Waals surface area contributed by atoms with E-state index in [1.54, 1.807) is 14.0 Å². The summed E-state index contributed by atoms with van der Waals surface area (Å²) >= 11 is 0. The molecule has 0 bridgehead atoms. The van der Waals surface area contributed by atoms with Gasteiger partial charge in [0, 0.05) is 13.1 Å². The van der Waals surface area contributed by atoms with Gasteiger partial charge in [-0.1, -0.05) is 12.1 Å². The lowest BCUT2D eigenvalue weighted by Crippen LogP contribution is -2.40. The topological polar surface area (TPSA) is 89.4 Å². The Morgan fingerprint density at radius 1 is 1.50 bits per heavy atom. The van der Waals surface area contributed by atoms with Gasteiger partial charge in [-0.3, -0.25) is 0 Å². The molecule has 18 heavy (non-hydrogen) atoms. The number of sulfonamides is 1. The van der Waals surface area contributed by atoms with E-state index in [0.717, 1.165) is 12.8 Å². The van der Waals surface area contributed by atoms with Crippen LogP contribution in [0.3, 0.4) is 0 Å². The second kappa shape index (κ2) is 3.96. The first-order valence-corrected chi connectivity index (χ1v) is 7.34. The Balaban J connectivity index is 2.37. The van der Waals surface area contributed by atoms with Crippen molar-refractivity contribution in [2.24, 2.45) is 5.41 Å². The molecule has 0 amide bonds. The Bertz CT molecular complexity index is 541. The highest BCUT2D eigenvalue weighted by molar-refractivity contribution is 7.89. The maximum Gasteiger partial charge on any atom is 0.250 e. The molecule has 0 aliphatic heterocycles. The number of hydrogen-bond donors (Lipinski definition) is 1. The number of aryl methyl sites for hydroxylation is 1. The van der Waals surface area contributed by atoms with Crippen LogP contribution in [0.2, 0.25) is 0 Å². The minimum absolute atomic E-state index is 0.0129. The highest BCUT2D eigenvalue weighted by Gasteiger charge is 2.47. The van der Waals surface area contributed by atoms with Crippen molar-refractivity contribution in [3.63, 3.8) is 0 Å². The maximum atomic E-state index is 12.5. The van der Waals surface area contributed by atoms with Gasteiger partial charge in [-0.2, -0.15) is 4.31 Å². The summed E-state index contributed by atoms with van der Waals surface area (Å²) in [4.78, 5) is -0.0129. The first kappa shape index (κ1) is 13.4. The second-order valence-corrected chi connectivity index (χ2v) is 7.24. The lowest BCUT2D eigenvalue weighted by atomic mass is 10.0. The van der Waals surface area contributed by atoms with E-state index >= 15 is 0 Å². The highest BCUT2D eigenvalue weighted by Crippen LogP contribution is 2.50. The van der Waals surface area contributed by atoms with Gasteiger partial charge < -0.3 is 10.3 Å². The van der Waals surface area contributed by atoms with Gasteiger partial charge in [-0.15, -0.1) is 0 Å². The number of aromatic nitrogens is 1. The van der Waals surface area contributed by atoms with Crippen LogP contribution in [-0.4, -0.2) is 31.0 Å². The normalized spacial score (nSPS) is 20.1. The lowest BCUT2D eigenvalue weighted by molar-refractivity contribution is 0.283. The van der Waals surface area contributed by atoms with Crippen molar-refractivity contribution in [3.05, 3.63) is 5.76 Å². The Labute approximate surface area is 107 Å². The fraction of sp³-hybridized carbons (Fsp3) is 0.727. The average Bonchev–Trinajstić information content (AvgIpc) is 2.94. The summed E-state index contributed by atoms with van der Waals surface area (Å²) in [5.41, 5.74) is 5.65. The minimum atomic E-state index is -3.65. The first-order chi connectivity index (χ1) is 8.20. The Hall–Kier alpha value is -1.08. The molecule has 1 atom stereocenters. The molecule has 1 aliphatic carbocycles. The molecule has 1 fully saturated rings. The molecule has 0 aromatic carbocycles. The van der Waals surface area contributed by atoms with Crippen LogP contribution in [-0.2, 0) is 10.0 Å². The third kappa shape index (κ3) is 1.91. The van der Waals surface area contributed by atoms with Crippen LogP contribution in [0.1, 0.15) is 32.4 Å². The van der Waals surface area contributed by atoms with Crippen LogP contribution in [0.15, 0.2) is 9.42 Å². The SMILES string of the molecule is Cc1onc(N)c1S(=O)(=O)N(C)C(C)C1(C)CC1. The molecular weight excluding hydrogens is 254 g/mol. The first-order valence-electron chi connectivity index (χ1n) is 5.90. The molecule has 1 saturated carbocycles. The van der Waals surface area contributed by atoms with Crippen molar-refractivity contribution in [2.45, 2.75) is 44.6 Å². The van der Waals surface area contributed by atoms with Gasteiger partial charge in [-0.05, 0) is 32.1 Å². The highest BCUT2D eigenvalue weighted by atomic mass is 32.2. The molecule has 6 nitrogen and oxygen atoms in total. The third-order valence-corrected chi connectivity index (χ3v) is 6.15. The average molecular weight is 273 g/mol. The zero-order chi connectivity index (χ0) is 13.7. The predicted octanol–water partition coefficient (Wildman–Crippen LogP) is 1.37. The van der Waals surface area contributed by atoms with Crippen molar-refractivity contribution in [1.29, 1.82) is 0 Å². The summed E-state index contributed by atoms with van der Waals surface area (Å²) < 4.78 is 31.2. The number of hydrogen-bond acceptors (Lipinski definition) is 5. The molecule has 0 radical (unpaired) electrons. The molecule has 1 aromatic rings. The van der Waals surface area contributed by atoms with Crippen LogP contribution in [0.5, 0.6) is 0 Å². The zero-order valence-electron chi connectivity index (χ0n) is 11.1. The van der Waals surface area contributed by atoms with Crippen molar-refractivity contribution in [3.8, 4) is 0 Å². The van der Waals surface area contributed by atoms with E-state index in [1.165, 1.54) is 4.31 Å². The van der Waals surface area contributed by atoms with E-state index < -0.39 is 10.0 Å². The summed E-state index contributed by atoms with van der Waals surface area (Å²) in [5.74, 6) is 0.153. The third-order valence-electron chi connectivity index (χ3n) is 4.06. The number of nitrogens with zero attached hydrogens (tertiary/aromatic N) is 2. The van der Waals surface area contributed by atoms with Crippen LogP contribution in [0.4, 0.5) is 5.82 Å². The van der Waals surface area contributed by atoms with E-state index in [-0.39, 0.29) is 27.9 Å². The summed E-state index contributed by atoms with van der Waals surface area (Å²) in [6.45, 7) is 5.56. The molecule has 1 aromatic heterocycles. The van der Waals surface area contributed by atoms with Crippen LogP contribution in [0.25, 0.3) is 0 Å². The van der Waals surface area contributed by atoms with Gasteiger partial charge >= 0.3 is 0 Å². The van der Waals surface area contributed by atoms with Crippen LogP contribution < -0.4 is 5.73 Å². The van der Waals surface area contributed by atoms with Gasteiger partial charge in [0.1, 0.15) is 0 Å². The summed E-state index contributed by atoms with van der Waals surface area (Å²) in [5, 5.41) is 3.50. The Morgan fingerprint density at radius 2 is 2.06 bits per heavy atom. The van der Waals surface area contributed by atoms with Gasteiger partial charge in [0.2, 0.25) is 10.0 Å². The van der Waals surface area contributed by atoms with E-state index in [9.17, 15) is 8.42 Å². The molecule has 1 unspecified atom stereocenters. The minimum Gasteiger partial charge on any atom is -0.380 e. The fourth-order valence-electron chi connectivity index (χ4n) is 2.10. The second-order valence-electron chi connectivity index (χ2n) is 5.30. The molecule has 0 saturated heterocycles. The number of anilines is 1. The lowest BCUT2D eigenvalue weighted by Gasteiger charge is -2.28. The van der Waals surface area contributed by atoms with Crippen molar-refractivity contribution < 1.29 is 12.9 Å². The monoisotopic (exact) mass is 273 g/mol. The molecule has 1 aliphatic rings. The molecule has 2 N–H and O–H groups in total. The summed E-state index contributed by atoms with van der Waals surface area (Å²) in [6, 6.07) is -0.0730. The molecule has 2 rings (SSSR count). The zero-order valence-corrected chi connectivity index (χ0v) is 11.9.